The SMILES string of the molecule is COc1cc(O)cc(OC)c1[C@@H](CC(C)C)N1CCNCC1.Cl.Cl. The minimum atomic E-state index is 0. The van der Waals surface area contributed by atoms with Gasteiger partial charge in [-0.05, 0) is 12.3 Å². The van der Waals surface area contributed by atoms with E-state index >= 15 is 0 Å². The van der Waals surface area contributed by atoms with Crippen LogP contribution in [0.3, 0.4) is 0 Å². The Morgan fingerprint density at radius 1 is 1.08 bits per heavy atom. The molecule has 1 aliphatic heterocycles. The Balaban J connectivity index is 0.00000264. The topological polar surface area (TPSA) is 54.0 Å². The van der Waals surface area contributed by atoms with Gasteiger partial charge in [0, 0.05) is 44.4 Å². The van der Waals surface area contributed by atoms with Crippen LogP contribution < -0.4 is 14.8 Å². The second-order valence-corrected chi connectivity index (χ2v) is 6.20. The van der Waals surface area contributed by atoms with E-state index in [0.29, 0.717) is 17.4 Å². The molecule has 0 aliphatic carbocycles. The summed E-state index contributed by atoms with van der Waals surface area (Å²) < 4.78 is 11.1. The summed E-state index contributed by atoms with van der Waals surface area (Å²) in [5, 5.41) is 13.3. The van der Waals surface area contributed by atoms with Gasteiger partial charge in [0.2, 0.25) is 0 Å². The Bertz CT molecular complexity index is 470. The number of halogens is 2. The molecular weight excluding hydrogens is 351 g/mol. The van der Waals surface area contributed by atoms with Crippen molar-refractivity contribution in [2.45, 2.75) is 26.3 Å². The minimum Gasteiger partial charge on any atom is -0.508 e. The van der Waals surface area contributed by atoms with E-state index in [1.54, 1.807) is 26.4 Å². The Labute approximate surface area is 157 Å². The number of nitrogens with one attached hydrogen (secondary N) is 1. The number of hydrogen-bond donors (Lipinski definition) is 2. The van der Waals surface area contributed by atoms with Gasteiger partial charge in [0.1, 0.15) is 17.2 Å². The van der Waals surface area contributed by atoms with Crippen LogP contribution in [0.5, 0.6) is 17.2 Å². The molecule has 7 heteroatoms. The smallest absolute Gasteiger partial charge is 0.131 e. The van der Waals surface area contributed by atoms with Gasteiger partial charge in [-0.25, -0.2) is 0 Å². The van der Waals surface area contributed by atoms with E-state index in [-0.39, 0.29) is 36.6 Å². The van der Waals surface area contributed by atoms with Gasteiger partial charge in [0.05, 0.1) is 19.8 Å². The van der Waals surface area contributed by atoms with Gasteiger partial charge in [-0.3, -0.25) is 4.90 Å². The van der Waals surface area contributed by atoms with Crippen molar-refractivity contribution in [2.24, 2.45) is 5.92 Å². The Morgan fingerprint density at radius 3 is 2.00 bits per heavy atom. The predicted molar refractivity (Wildman–Crippen MR) is 102 cm³/mol. The standard InChI is InChI=1S/C17H28N2O3.2ClH/c1-12(2)9-14(19-7-5-18-6-8-19)17-15(21-3)10-13(20)11-16(17)22-4;;/h10-12,14,18,20H,5-9H2,1-4H3;2*1H/t14-;;/m1../s1. The number of ether oxygens (including phenoxy) is 2. The summed E-state index contributed by atoms with van der Waals surface area (Å²) >= 11 is 0. The molecule has 0 amide bonds. The van der Waals surface area contributed by atoms with Crippen molar-refractivity contribution in [3.05, 3.63) is 17.7 Å². The molecule has 0 bridgehead atoms. The maximum absolute atomic E-state index is 9.87. The zero-order valence-corrected chi connectivity index (χ0v) is 16.5. The first-order valence-electron chi connectivity index (χ1n) is 7.96. The lowest BCUT2D eigenvalue weighted by Gasteiger charge is -2.37. The highest BCUT2D eigenvalue weighted by atomic mass is 35.5. The first-order valence-corrected chi connectivity index (χ1v) is 7.96. The second-order valence-electron chi connectivity index (χ2n) is 6.20. The second kappa shape index (κ2) is 10.9. The van der Waals surface area contributed by atoms with Gasteiger partial charge in [-0.1, -0.05) is 13.8 Å². The fraction of sp³-hybridized carbons (Fsp3) is 0.647. The summed E-state index contributed by atoms with van der Waals surface area (Å²) in [4.78, 5) is 2.48. The van der Waals surface area contributed by atoms with Crippen molar-refractivity contribution in [1.82, 2.24) is 10.2 Å². The van der Waals surface area contributed by atoms with E-state index in [9.17, 15) is 5.11 Å². The van der Waals surface area contributed by atoms with E-state index in [1.807, 2.05) is 0 Å². The van der Waals surface area contributed by atoms with Crippen molar-refractivity contribution in [2.75, 3.05) is 40.4 Å². The molecule has 0 saturated carbocycles. The highest BCUT2D eigenvalue weighted by Crippen LogP contribution is 2.42. The number of benzene rings is 1. The van der Waals surface area contributed by atoms with Crippen LogP contribution in [-0.2, 0) is 0 Å². The molecule has 5 nitrogen and oxygen atoms in total. The summed E-state index contributed by atoms with van der Waals surface area (Å²) in [5.74, 6) is 2.12. The molecule has 0 unspecified atom stereocenters. The number of piperazine rings is 1. The summed E-state index contributed by atoms with van der Waals surface area (Å²) in [5.41, 5.74) is 1.04. The van der Waals surface area contributed by atoms with Crippen LogP contribution in [-0.4, -0.2) is 50.4 Å². The summed E-state index contributed by atoms with van der Waals surface area (Å²) in [6, 6.07) is 3.58. The van der Waals surface area contributed by atoms with E-state index in [4.69, 9.17) is 9.47 Å². The zero-order chi connectivity index (χ0) is 16.1. The van der Waals surface area contributed by atoms with E-state index in [1.165, 1.54) is 0 Å². The maximum Gasteiger partial charge on any atom is 0.131 e. The number of nitrogens with zero attached hydrogens (tertiary/aromatic N) is 1. The number of phenolic OH excluding ortho intramolecular Hbond substituents is 1. The van der Waals surface area contributed by atoms with Crippen LogP contribution in [0.15, 0.2) is 12.1 Å². The fourth-order valence-electron chi connectivity index (χ4n) is 3.14. The van der Waals surface area contributed by atoms with Crippen molar-refractivity contribution in [3.63, 3.8) is 0 Å². The van der Waals surface area contributed by atoms with Crippen LogP contribution in [0.25, 0.3) is 0 Å². The monoisotopic (exact) mass is 380 g/mol. The van der Waals surface area contributed by atoms with Crippen molar-refractivity contribution >= 4 is 24.8 Å². The molecule has 24 heavy (non-hydrogen) atoms. The van der Waals surface area contributed by atoms with Crippen LogP contribution >= 0.6 is 24.8 Å². The Kier molecular flexibility index (Phi) is 10.5. The highest BCUT2D eigenvalue weighted by molar-refractivity contribution is 5.85. The largest absolute Gasteiger partial charge is 0.508 e. The van der Waals surface area contributed by atoms with Crippen molar-refractivity contribution in [1.29, 1.82) is 0 Å². The third-order valence-corrected chi connectivity index (χ3v) is 4.15. The lowest BCUT2D eigenvalue weighted by Crippen LogP contribution is -2.45. The molecule has 0 radical (unpaired) electrons. The van der Waals surface area contributed by atoms with E-state index in [2.05, 4.69) is 24.1 Å². The molecule has 0 aromatic heterocycles. The average molecular weight is 381 g/mol. The normalized spacial score (nSPS) is 16.0. The molecule has 1 fully saturated rings. The number of hydrogen-bond acceptors (Lipinski definition) is 5. The number of phenols is 1. The molecule has 2 N–H and O–H groups in total. The predicted octanol–water partition coefficient (Wildman–Crippen LogP) is 3.25. The Morgan fingerprint density at radius 2 is 1.58 bits per heavy atom. The summed E-state index contributed by atoms with van der Waals surface area (Å²) in [7, 11) is 3.28. The number of methoxy groups -OCH3 is 2. The zero-order valence-electron chi connectivity index (χ0n) is 14.9. The molecule has 1 aromatic rings. The molecule has 1 aromatic carbocycles. The molecule has 2 rings (SSSR count). The molecule has 1 atom stereocenters. The Hall–Kier alpha value is -0.880. The minimum absolute atomic E-state index is 0. The van der Waals surface area contributed by atoms with Gasteiger partial charge >= 0.3 is 0 Å². The van der Waals surface area contributed by atoms with Crippen LogP contribution in [0.2, 0.25) is 0 Å². The molecular formula is C17H30Cl2N2O3. The van der Waals surface area contributed by atoms with Crippen molar-refractivity contribution in [3.8, 4) is 17.2 Å². The quantitative estimate of drug-likeness (QED) is 0.792. The van der Waals surface area contributed by atoms with Gasteiger partial charge in [0.25, 0.3) is 0 Å². The summed E-state index contributed by atoms with van der Waals surface area (Å²) in [6.45, 7) is 8.47. The first kappa shape index (κ1) is 23.1. The lowest BCUT2D eigenvalue weighted by molar-refractivity contribution is 0.148. The van der Waals surface area contributed by atoms with Gasteiger partial charge < -0.3 is 19.9 Å². The van der Waals surface area contributed by atoms with Crippen LogP contribution in [0.1, 0.15) is 31.9 Å². The first-order chi connectivity index (χ1) is 10.6. The lowest BCUT2D eigenvalue weighted by atomic mass is 9.93. The molecule has 1 saturated heterocycles. The number of rotatable bonds is 6. The van der Waals surface area contributed by atoms with Crippen LogP contribution in [0.4, 0.5) is 0 Å². The van der Waals surface area contributed by atoms with Crippen LogP contribution in [0, 0.1) is 5.92 Å². The van der Waals surface area contributed by atoms with Gasteiger partial charge in [-0.15, -0.1) is 24.8 Å². The molecule has 1 heterocycles. The highest BCUT2D eigenvalue weighted by Gasteiger charge is 2.29. The molecule has 1 aliphatic rings. The summed E-state index contributed by atoms with van der Waals surface area (Å²) in [6.07, 6.45) is 1.03. The maximum atomic E-state index is 9.87. The van der Waals surface area contributed by atoms with E-state index < -0.39 is 0 Å². The average Bonchev–Trinajstić information content (AvgIpc) is 2.52. The third-order valence-electron chi connectivity index (χ3n) is 4.15. The fourth-order valence-corrected chi connectivity index (χ4v) is 3.14. The van der Waals surface area contributed by atoms with Gasteiger partial charge in [0.15, 0.2) is 0 Å². The third kappa shape index (κ3) is 5.59. The number of aromatic hydroxyl groups is 1. The molecule has 0 spiro atoms. The van der Waals surface area contributed by atoms with E-state index in [0.717, 1.165) is 38.2 Å². The van der Waals surface area contributed by atoms with Gasteiger partial charge in [-0.2, -0.15) is 0 Å². The molecule has 140 valence electrons. The van der Waals surface area contributed by atoms with Crippen molar-refractivity contribution < 1.29 is 14.6 Å².